The van der Waals surface area contributed by atoms with E-state index in [9.17, 15) is 4.79 Å². The van der Waals surface area contributed by atoms with Crippen molar-refractivity contribution in [2.24, 2.45) is 4.99 Å². The van der Waals surface area contributed by atoms with E-state index < -0.39 is 0 Å². The third-order valence-electron chi connectivity index (χ3n) is 3.88. The molecule has 0 aliphatic carbocycles. The lowest BCUT2D eigenvalue weighted by Crippen LogP contribution is -2.20. The number of hydrogen-bond acceptors (Lipinski definition) is 2. The number of amides is 1. The smallest absolute Gasteiger partial charge is 0.231 e. The van der Waals surface area contributed by atoms with Crippen LogP contribution < -0.4 is 5.32 Å². The molecule has 3 nitrogen and oxygen atoms in total. The Morgan fingerprint density at radius 1 is 1.32 bits per heavy atom. The molecule has 0 fully saturated rings. The van der Waals surface area contributed by atoms with Crippen LogP contribution in [0.4, 0.5) is 5.69 Å². The fourth-order valence-corrected chi connectivity index (χ4v) is 2.90. The number of fused-ring (bicyclic) bond motifs is 1. The van der Waals surface area contributed by atoms with Gasteiger partial charge >= 0.3 is 0 Å². The van der Waals surface area contributed by atoms with Gasteiger partial charge in [-0.2, -0.15) is 0 Å². The topological polar surface area (TPSA) is 41.5 Å². The van der Waals surface area contributed by atoms with Crippen LogP contribution in [-0.2, 0) is 11.3 Å². The molecule has 2 aromatic carbocycles. The Hall–Kier alpha value is -2.13. The van der Waals surface area contributed by atoms with Crippen LogP contribution >= 0.6 is 11.6 Å². The van der Waals surface area contributed by atoms with Gasteiger partial charge in [0.05, 0.1) is 12.5 Å². The Kier molecular flexibility index (Phi) is 4.25. The third-order valence-corrected chi connectivity index (χ3v) is 4.12. The second kappa shape index (κ2) is 6.32. The molecular formula is C18H17ClN2O. The molecule has 1 heterocycles. The fraction of sp³-hybridized carbons (Fsp3) is 0.222. The lowest BCUT2D eigenvalue weighted by molar-refractivity contribution is -0.117. The minimum atomic E-state index is -0.208. The number of nitrogens with zero attached hydrogens (tertiary/aromatic N) is 1. The SMILES string of the molecule is CCC(C(=O)Nc1ccc2c(c1)C=NC2)c1cccc(Cl)c1. The molecule has 4 heteroatoms. The Bertz CT molecular complexity index is 740. The van der Waals surface area contributed by atoms with Crippen molar-refractivity contribution in [1.82, 2.24) is 0 Å². The van der Waals surface area contributed by atoms with Crippen molar-refractivity contribution in [3.8, 4) is 0 Å². The zero-order chi connectivity index (χ0) is 15.5. The first-order valence-electron chi connectivity index (χ1n) is 7.36. The third kappa shape index (κ3) is 3.04. The van der Waals surface area contributed by atoms with Gasteiger partial charge in [-0.25, -0.2) is 0 Å². The zero-order valence-corrected chi connectivity index (χ0v) is 13.1. The highest BCUT2D eigenvalue weighted by Gasteiger charge is 2.19. The van der Waals surface area contributed by atoms with Gasteiger partial charge in [0.1, 0.15) is 0 Å². The number of benzene rings is 2. The van der Waals surface area contributed by atoms with Crippen molar-refractivity contribution < 1.29 is 4.79 Å². The predicted molar refractivity (Wildman–Crippen MR) is 90.9 cm³/mol. The van der Waals surface area contributed by atoms with Gasteiger partial charge in [-0.3, -0.25) is 9.79 Å². The number of halogens is 1. The lowest BCUT2D eigenvalue weighted by atomic mass is 9.95. The van der Waals surface area contributed by atoms with Gasteiger partial charge in [0, 0.05) is 16.9 Å². The van der Waals surface area contributed by atoms with E-state index >= 15 is 0 Å². The first-order chi connectivity index (χ1) is 10.7. The summed E-state index contributed by atoms with van der Waals surface area (Å²) in [6.07, 6.45) is 2.57. The normalized spacial score (nSPS) is 13.7. The zero-order valence-electron chi connectivity index (χ0n) is 12.3. The number of anilines is 1. The number of carbonyl (C=O) groups excluding carboxylic acids is 1. The second-order valence-corrected chi connectivity index (χ2v) is 5.82. The summed E-state index contributed by atoms with van der Waals surface area (Å²) in [4.78, 5) is 16.8. The Balaban J connectivity index is 1.79. The summed E-state index contributed by atoms with van der Waals surface area (Å²) in [5.74, 6) is -0.222. The molecule has 1 atom stereocenters. The van der Waals surface area contributed by atoms with E-state index in [1.165, 1.54) is 5.56 Å². The van der Waals surface area contributed by atoms with Gasteiger partial charge < -0.3 is 5.32 Å². The summed E-state index contributed by atoms with van der Waals surface area (Å²) >= 11 is 6.03. The molecule has 1 aliphatic heterocycles. The van der Waals surface area contributed by atoms with Crippen LogP contribution in [0.1, 0.15) is 36.0 Å². The maximum absolute atomic E-state index is 12.6. The molecule has 1 N–H and O–H groups in total. The summed E-state index contributed by atoms with van der Waals surface area (Å²) in [6.45, 7) is 2.73. The van der Waals surface area contributed by atoms with E-state index in [-0.39, 0.29) is 11.8 Å². The summed E-state index contributed by atoms with van der Waals surface area (Å²) in [5.41, 5.74) is 4.02. The van der Waals surface area contributed by atoms with Gasteiger partial charge in [0.2, 0.25) is 5.91 Å². The van der Waals surface area contributed by atoms with Crippen molar-refractivity contribution in [3.05, 3.63) is 64.2 Å². The Morgan fingerprint density at radius 2 is 2.18 bits per heavy atom. The van der Waals surface area contributed by atoms with Gasteiger partial charge in [-0.05, 0) is 47.4 Å². The Labute approximate surface area is 135 Å². The first kappa shape index (κ1) is 14.8. The molecule has 0 aromatic heterocycles. The highest BCUT2D eigenvalue weighted by Crippen LogP contribution is 2.25. The van der Waals surface area contributed by atoms with Crippen LogP contribution in [0.25, 0.3) is 0 Å². The van der Waals surface area contributed by atoms with Crippen molar-refractivity contribution >= 4 is 29.4 Å². The van der Waals surface area contributed by atoms with Crippen LogP contribution in [0.5, 0.6) is 0 Å². The van der Waals surface area contributed by atoms with Gasteiger partial charge in [0.25, 0.3) is 0 Å². The second-order valence-electron chi connectivity index (χ2n) is 5.39. The maximum atomic E-state index is 12.6. The highest BCUT2D eigenvalue weighted by atomic mass is 35.5. The number of carbonyl (C=O) groups is 1. The first-order valence-corrected chi connectivity index (χ1v) is 7.74. The quantitative estimate of drug-likeness (QED) is 0.893. The summed E-state index contributed by atoms with van der Waals surface area (Å²) in [6, 6.07) is 13.4. The lowest BCUT2D eigenvalue weighted by Gasteiger charge is -2.16. The van der Waals surface area contributed by atoms with Crippen LogP contribution in [0.15, 0.2) is 47.5 Å². The van der Waals surface area contributed by atoms with Gasteiger partial charge in [0.15, 0.2) is 0 Å². The van der Waals surface area contributed by atoms with Crippen molar-refractivity contribution in [2.45, 2.75) is 25.8 Å². The highest BCUT2D eigenvalue weighted by molar-refractivity contribution is 6.30. The van der Waals surface area contributed by atoms with E-state index in [1.807, 2.05) is 55.6 Å². The molecule has 112 valence electrons. The molecule has 0 radical (unpaired) electrons. The van der Waals surface area contributed by atoms with Gasteiger partial charge in [-0.1, -0.05) is 36.7 Å². The van der Waals surface area contributed by atoms with Gasteiger partial charge in [-0.15, -0.1) is 0 Å². The van der Waals surface area contributed by atoms with E-state index in [4.69, 9.17) is 11.6 Å². The van der Waals surface area contributed by atoms with E-state index in [1.54, 1.807) is 0 Å². The molecule has 0 spiro atoms. The molecule has 0 saturated heterocycles. The summed E-state index contributed by atoms with van der Waals surface area (Å²) < 4.78 is 0. The number of rotatable bonds is 4. The van der Waals surface area contributed by atoms with Crippen LogP contribution in [0, 0.1) is 0 Å². The fourth-order valence-electron chi connectivity index (χ4n) is 2.70. The standard InChI is InChI=1S/C18H17ClN2O/c1-2-17(12-4-3-5-15(19)8-12)18(22)21-16-7-6-13-10-20-11-14(13)9-16/h3-9,11,17H,2,10H2,1H3,(H,21,22). The molecule has 1 unspecified atom stereocenters. The van der Waals surface area contributed by atoms with Crippen LogP contribution in [-0.4, -0.2) is 12.1 Å². The summed E-state index contributed by atoms with van der Waals surface area (Å²) in [7, 11) is 0. The summed E-state index contributed by atoms with van der Waals surface area (Å²) in [5, 5.41) is 3.65. The molecule has 0 saturated carbocycles. The molecule has 2 aromatic rings. The molecule has 1 amide bonds. The van der Waals surface area contributed by atoms with Crippen LogP contribution in [0.2, 0.25) is 5.02 Å². The van der Waals surface area contributed by atoms with Crippen molar-refractivity contribution in [3.63, 3.8) is 0 Å². The minimum Gasteiger partial charge on any atom is -0.326 e. The largest absolute Gasteiger partial charge is 0.326 e. The van der Waals surface area contributed by atoms with Crippen molar-refractivity contribution in [2.75, 3.05) is 5.32 Å². The number of nitrogens with one attached hydrogen (secondary N) is 1. The molecular weight excluding hydrogens is 296 g/mol. The number of aliphatic imine (C=N–C) groups is 1. The monoisotopic (exact) mass is 312 g/mol. The van der Waals surface area contributed by atoms with E-state index in [2.05, 4.69) is 10.3 Å². The van der Waals surface area contributed by atoms with E-state index in [0.717, 1.165) is 29.8 Å². The predicted octanol–water partition coefficient (Wildman–Crippen LogP) is 4.40. The molecule has 0 bridgehead atoms. The average Bonchev–Trinajstić information content (AvgIpc) is 2.95. The van der Waals surface area contributed by atoms with Crippen molar-refractivity contribution in [1.29, 1.82) is 0 Å². The molecule has 1 aliphatic rings. The maximum Gasteiger partial charge on any atom is 0.231 e. The Morgan fingerprint density at radius 3 is 2.95 bits per heavy atom. The number of hydrogen-bond donors (Lipinski definition) is 1. The van der Waals surface area contributed by atoms with E-state index in [0.29, 0.717) is 5.02 Å². The molecule has 22 heavy (non-hydrogen) atoms. The average molecular weight is 313 g/mol. The minimum absolute atomic E-state index is 0.0142. The molecule has 3 rings (SSSR count). The van der Waals surface area contributed by atoms with Crippen LogP contribution in [0.3, 0.4) is 0 Å².